The van der Waals surface area contributed by atoms with Crippen molar-refractivity contribution < 1.29 is 59.9 Å². The molecule has 0 fully saturated rings. The Kier molecular flexibility index (Phi) is 15.0. The average Bonchev–Trinajstić information content (AvgIpc) is 3.17. The first kappa shape index (κ1) is 46.2. The molecule has 0 radical (unpaired) electrons. The number of fused-ring (bicyclic) bond motifs is 2. The molecule has 6 rings (SSSR count). The van der Waals surface area contributed by atoms with Crippen molar-refractivity contribution in [1.82, 2.24) is 0 Å². The van der Waals surface area contributed by atoms with Crippen LogP contribution in [0.3, 0.4) is 0 Å². The predicted octanol–water partition coefficient (Wildman–Crippen LogP) is 10.9. The lowest BCUT2D eigenvalue weighted by atomic mass is 9.93. The lowest BCUT2D eigenvalue weighted by Crippen LogP contribution is -2.20. The summed E-state index contributed by atoms with van der Waals surface area (Å²) in [5, 5.41) is 80.4. The summed E-state index contributed by atoms with van der Waals surface area (Å²) in [6, 6.07) is 10.9. The Hall–Kier alpha value is -6.82. The minimum Gasteiger partial charge on any atom is -0.508 e. The standard InChI is InChI=1S/2C25H28O6/c2*1-14(2)5-4-6-15(3)7-8-16-9-17(10-21(29)25(16)30)22-13-20(28)24-19(27)11-18(26)12-23(24)31-22/h2*5,7,9-12,22,26-27,29-30H,4,6,8,13H2,1-3H3/b2*15-7+. The van der Waals surface area contributed by atoms with Crippen LogP contribution in [-0.2, 0) is 12.8 Å². The highest BCUT2D eigenvalue weighted by Gasteiger charge is 2.33. The van der Waals surface area contributed by atoms with Gasteiger partial charge in [0.05, 0.1) is 12.8 Å². The number of ether oxygens (including phenoxy) is 2. The van der Waals surface area contributed by atoms with E-state index in [9.17, 15) is 50.4 Å². The molecule has 0 spiro atoms. The fraction of sp³-hybridized carbons (Fsp3) is 0.320. The summed E-state index contributed by atoms with van der Waals surface area (Å²) in [6.45, 7) is 12.3. The smallest absolute Gasteiger partial charge is 0.174 e. The third-order valence-electron chi connectivity index (χ3n) is 10.6. The molecule has 0 saturated heterocycles. The lowest BCUT2D eigenvalue weighted by Gasteiger charge is -2.26. The first-order chi connectivity index (χ1) is 29.3. The lowest BCUT2D eigenvalue weighted by molar-refractivity contribution is 0.0834. The molecule has 2 atom stereocenters. The van der Waals surface area contributed by atoms with Gasteiger partial charge in [-0.1, -0.05) is 46.6 Å². The van der Waals surface area contributed by atoms with Gasteiger partial charge in [-0.3, -0.25) is 9.59 Å². The predicted molar refractivity (Wildman–Crippen MR) is 236 cm³/mol. The van der Waals surface area contributed by atoms with Gasteiger partial charge in [0, 0.05) is 35.4 Å². The number of hydrogen-bond acceptors (Lipinski definition) is 12. The normalized spacial score (nSPS) is 15.9. The van der Waals surface area contributed by atoms with Crippen LogP contribution in [0.1, 0.15) is 135 Å². The molecular weight excluding hydrogens is 793 g/mol. The zero-order valence-corrected chi connectivity index (χ0v) is 36.0. The average molecular weight is 849 g/mol. The second-order valence-electron chi connectivity index (χ2n) is 16.4. The number of aromatic hydroxyl groups is 8. The first-order valence-corrected chi connectivity index (χ1v) is 20.5. The van der Waals surface area contributed by atoms with Crippen molar-refractivity contribution in [2.75, 3.05) is 0 Å². The SMILES string of the molecule is CC(C)=CCC/C(C)=C/Cc1cc(C2CC(=O)c3c(O)cc(O)cc3O2)cc(O)c1O.CC(C)=CCC/C(C)=C/Cc1cc(C2CC(=O)c3c(O)cc(O)cc3O2)cc(O)c1O. The number of carbonyl (C=O) groups excluding carboxylic acids is 2. The molecule has 0 bridgehead atoms. The van der Waals surface area contributed by atoms with Crippen LogP contribution in [0.15, 0.2) is 95.1 Å². The van der Waals surface area contributed by atoms with Gasteiger partial charge in [0.2, 0.25) is 0 Å². The molecular formula is C50H56O12. The molecule has 8 N–H and O–H groups in total. The van der Waals surface area contributed by atoms with Gasteiger partial charge in [-0.2, -0.15) is 0 Å². The summed E-state index contributed by atoms with van der Waals surface area (Å²) in [7, 11) is 0. The number of benzene rings is 4. The summed E-state index contributed by atoms with van der Waals surface area (Å²) in [5.41, 5.74) is 7.07. The molecule has 0 saturated carbocycles. The topological polar surface area (TPSA) is 214 Å². The van der Waals surface area contributed by atoms with Crippen LogP contribution in [0.25, 0.3) is 0 Å². The highest BCUT2D eigenvalue weighted by Crippen LogP contribution is 2.45. The van der Waals surface area contributed by atoms with E-state index in [1.165, 1.54) is 46.6 Å². The number of phenols is 8. The van der Waals surface area contributed by atoms with E-state index >= 15 is 0 Å². The fourth-order valence-electron chi connectivity index (χ4n) is 7.26. The number of rotatable bonds is 12. The molecule has 12 heteroatoms. The van der Waals surface area contributed by atoms with Crippen LogP contribution < -0.4 is 9.47 Å². The summed E-state index contributed by atoms with van der Waals surface area (Å²) < 4.78 is 11.7. The third kappa shape index (κ3) is 11.7. The van der Waals surface area contributed by atoms with Crippen molar-refractivity contribution in [2.45, 2.75) is 105 Å². The number of allylic oxidation sites excluding steroid dienone is 8. The molecule has 12 nitrogen and oxygen atoms in total. The van der Waals surface area contributed by atoms with Gasteiger partial charge in [0.1, 0.15) is 57.8 Å². The summed E-state index contributed by atoms with van der Waals surface area (Å²) in [5.74, 6) is -2.55. The molecule has 2 heterocycles. The maximum atomic E-state index is 12.6. The second-order valence-corrected chi connectivity index (χ2v) is 16.4. The molecule has 328 valence electrons. The molecule has 2 aliphatic rings. The van der Waals surface area contributed by atoms with E-state index in [0.717, 1.165) is 37.8 Å². The maximum Gasteiger partial charge on any atom is 0.174 e. The Labute approximate surface area is 361 Å². The van der Waals surface area contributed by atoms with Gasteiger partial charge in [-0.15, -0.1) is 0 Å². The van der Waals surface area contributed by atoms with Crippen molar-refractivity contribution in [2.24, 2.45) is 0 Å². The third-order valence-corrected chi connectivity index (χ3v) is 10.6. The van der Waals surface area contributed by atoms with Gasteiger partial charge < -0.3 is 50.3 Å². The summed E-state index contributed by atoms with van der Waals surface area (Å²) in [4.78, 5) is 25.1. The van der Waals surface area contributed by atoms with Crippen LogP contribution in [-0.4, -0.2) is 52.4 Å². The van der Waals surface area contributed by atoms with Gasteiger partial charge in [0.25, 0.3) is 0 Å². The Bertz CT molecular complexity index is 2290. The zero-order valence-electron chi connectivity index (χ0n) is 36.0. The van der Waals surface area contributed by atoms with Gasteiger partial charge in [0.15, 0.2) is 34.6 Å². The number of ketones is 2. The Morgan fingerprint density at radius 2 is 0.887 bits per heavy atom. The quantitative estimate of drug-likeness (QED) is 0.0494. The maximum absolute atomic E-state index is 12.6. The van der Waals surface area contributed by atoms with Crippen molar-refractivity contribution in [3.05, 3.63) is 129 Å². The van der Waals surface area contributed by atoms with E-state index < -0.39 is 12.2 Å². The van der Waals surface area contributed by atoms with E-state index in [1.54, 1.807) is 12.1 Å². The van der Waals surface area contributed by atoms with Crippen molar-refractivity contribution in [3.8, 4) is 57.5 Å². The molecule has 62 heavy (non-hydrogen) atoms. The van der Waals surface area contributed by atoms with E-state index in [0.29, 0.717) is 35.1 Å². The number of phenolic OH excluding ortho intramolecular Hbond substituents is 8. The minimum atomic E-state index is -0.714. The molecule has 2 unspecified atom stereocenters. The highest BCUT2D eigenvalue weighted by atomic mass is 16.5. The Balaban J connectivity index is 0.000000234. The number of Topliss-reactive ketones (excluding diaryl/α,β-unsaturated/α-hetero) is 2. The first-order valence-electron chi connectivity index (χ1n) is 20.5. The van der Waals surface area contributed by atoms with E-state index in [-0.39, 0.29) is 93.0 Å². The van der Waals surface area contributed by atoms with E-state index in [4.69, 9.17) is 9.47 Å². The summed E-state index contributed by atoms with van der Waals surface area (Å²) in [6.07, 6.45) is 11.4. The number of carbonyl (C=O) groups is 2. The minimum absolute atomic E-state index is 0.0344. The Morgan fingerprint density at radius 1 is 0.516 bits per heavy atom. The van der Waals surface area contributed by atoms with Crippen LogP contribution in [0.5, 0.6) is 57.5 Å². The molecule has 0 aliphatic carbocycles. The van der Waals surface area contributed by atoms with Gasteiger partial charge in [-0.25, -0.2) is 0 Å². The highest BCUT2D eigenvalue weighted by molar-refractivity contribution is 6.03. The van der Waals surface area contributed by atoms with E-state index in [1.807, 2.05) is 26.0 Å². The van der Waals surface area contributed by atoms with Gasteiger partial charge in [-0.05, 0) is 115 Å². The zero-order chi connectivity index (χ0) is 45.4. The van der Waals surface area contributed by atoms with Crippen molar-refractivity contribution in [3.63, 3.8) is 0 Å². The second kappa shape index (κ2) is 20.2. The van der Waals surface area contributed by atoms with E-state index in [2.05, 4.69) is 39.8 Å². The van der Waals surface area contributed by atoms with Crippen LogP contribution in [0.2, 0.25) is 0 Å². The molecule has 4 aromatic carbocycles. The molecule has 4 aromatic rings. The molecule has 0 aromatic heterocycles. The summed E-state index contributed by atoms with van der Waals surface area (Å²) >= 11 is 0. The molecule has 0 amide bonds. The van der Waals surface area contributed by atoms with Crippen LogP contribution in [0.4, 0.5) is 0 Å². The van der Waals surface area contributed by atoms with Gasteiger partial charge >= 0.3 is 0 Å². The van der Waals surface area contributed by atoms with Crippen LogP contribution >= 0.6 is 0 Å². The van der Waals surface area contributed by atoms with Crippen LogP contribution in [0, 0.1) is 0 Å². The monoisotopic (exact) mass is 848 g/mol. The largest absolute Gasteiger partial charge is 0.508 e. The van der Waals surface area contributed by atoms with Crippen molar-refractivity contribution in [1.29, 1.82) is 0 Å². The fourth-order valence-corrected chi connectivity index (χ4v) is 7.26. The Morgan fingerprint density at radius 3 is 1.24 bits per heavy atom. The number of hydrogen-bond donors (Lipinski definition) is 8. The van der Waals surface area contributed by atoms with Crippen molar-refractivity contribution >= 4 is 11.6 Å². The molecule has 2 aliphatic heterocycles.